The fourth-order valence-electron chi connectivity index (χ4n) is 3.64. The van der Waals surface area contributed by atoms with Gasteiger partial charge in [-0.15, -0.1) is 0 Å². The van der Waals surface area contributed by atoms with Crippen molar-refractivity contribution in [1.82, 2.24) is 16.1 Å². The van der Waals surface area contributed by atoms with Gasteiger partial charge in [-0.25, -0.2) is 10.2 Å². The molecule has 1 amide bonds. The number of esters is 1. The second-order valence-electron chi connectivity index (χ2n) is 7.92. The number of allylic oxidation sites excluding steroid dienone is 1. The van der Waals surface area contributed by atoms with E-state index in [0.29, 0.717) is 51.4 Å². The smallest absolute Gasteiger partial charge is 0.338 e. The topological polar surface area (TPSA) is 120 Å². The van der Waals surface area contributed by atoms with Gasteiger partial charge in [-0.2, -0.15) is 5.10 Å². The van der Waals surface area contributed by atoms with E-state index in [1.54, 1.807) is 62.4 Å². The molecule has 1 atom stereocenters. The predicted octanol–water partition coefficient (Wildman–Crippen LogP) is 3.15. The minimum atomic E-state index is -0.617. The molecule has 10 nitrogen and oxygen atoms in total. The first-order chi connectivity index (χ1) is 18.4. The molecule has 0 radical (unpaired) electrons. The average molecular weight is 539 g/mol. The maximum Gasteiger partial charge on any atom is 0.338 e. The monoisotopic (exact) mass is 538 g/mol. The number of carbonyl (C=O) groups excluding carboxylic acids is 2. The fourth-order valence-corrected chi connectivity index (χ4v) is 3.91. The lowest BCUT2D eigenvalue weighted by Gasteiger charge is -2.30. The van der Waals surface area contributed by atoms with Crippen LogP contribution >= 0.6 is 12.2 Å². The van der Waals surface area contributed by atoms with Gasteiger partial charge in [0.15, 0.2) is 23.2 Å². The molecule has 0 bridgehead atoms. The lowest BCUT2D eigenvalue weighted by Crippen LogP contribution is -2.45. The van der Waals surface area contributed by atoms with E-state index in [1.165, 1.54) is 13.3 Å². The first-order valence-corrected chi connectivity index (χ1v) is 12.2. The van der Waals surface area contributed by atoms with Crippen molar-refractivity contribution >= 4 is 35.4 Å². The first-order valence-electron chi connectivity index (χ1n) is 11.8. The Balaban J connectivity index is 1.67. The van der Waals surface area contributed by atoms with Gasteiger partial charge < -0.3 is 29.6 Å². The molecule has 3 rings (SSSR count). The van der Waals surface area contributed by atoms with Gasteiger partial charge in [0.1, 0.15) is 12.4 Å². The van der Waals surface area contributed by atoms with E-state index in [-0.39, 0.29) is 13.2 Å². The number of methoxy groups -OCH3 is 1. The van der Waals surface area contributed by atoms with Crippen molar-refractivity contribution < 1.29 is 28.5 Å². The fraction of sp³-hybridized carbons (Fsp3) is 0.259. The minimum absolute atomic E-state index is 0.228. The summed E-state index contributed by atoms with van der Waals surface area (Å²) in [5.74, 6) is 0.556. The van der Waals surface area contributed by atoms with E-state index in [0.717, 1.165) is 0 Å². The number of nitrogens with zero attached hydrogens (tertiary/aromatic N) is 1. The van der Waals surface area contributed by atoms with Crippen molar-refractivity contribution in [2.24, 2.45) is 5.10 Å². The number of thiocarbonyl (C=S) groups is 1. The Morgan fingerprint density at radius 3 is 2.68 bits per heavy atom. The van der Waals surface area contributed by atoms with E-state index >= 15 is 0 Å². The number of nitrogens with one attached hydrogen (secondary N) is 3. The summed E-state index contributed by atoms with van der Waals surface area (Å²) in [5.41, 5.74) is 4.71. The highest BCUT2D eigenvalue weighted by molar-refractivity contribution is 7.80. The number of benzene rings is 2. The molecule has 0 aliphatic carbocycles. The van der Waals surface area contributed by atoms with Crippen LogP contribution in [0, 0.1) is 0 Å². The summed E-state index contributed by atoms with van der Waals surface area (Å²) in [5, 5.41) is 10.4. The van der Waals surface area contributed by atoms with Crippen LogP contribution in [0.1, 0.15) is 31.0 Å². The van der Waals surface area contributed by atoms with Crippen molar-refractivity contribution in [3.63, 3.8) is 0 Å². The Morgan fingerprint density at radius 1 is 1.16 bits per heavy atom. The van der Waals surface area contributed by atoms with Crippen molar-refractivity contribution in [1.29, 1.82) is 0 Å². The zero-order chi connectivity index (χ0) is 27.5. The van der Waals surface area contributed by atoms with Gasteiger partial charge in [0.25, 0.3) is 5.91 Å². The predicted molar refractivity (Wildman–Crippen MR) is 147 cm³/mol. The van der Waals surface area contributed by atoms with Crippen LogP contribution in [0.25, 0.3) is 0 Å². The van der Waals surface area contributed by atoms with Gasteiger partial charge in [-0.1, -0.05) is 30.9 Å². The third kappa shape index (κ3) is 7.32. The Bertz CT molecular complexity index is 1260. The number of amides is 1. The Kier molecular flexibility index (Phi) is 10.2. The molecule has 11 heteroatoms. The first kappa shape index (κ1) is 28.2. The number of para-hydroxylation sites is 1. The van der Waals surface area contributed by atoms with Gasteiger partial charge in [0.05, 0.1) is 31.5 Å². The van der Waals surface area contributed by atoms with Gasteiger partial charge >= 0.3 is 5.97 Å². The van der Waals surface area contributed by atoms with Crippen molar-refractivity contribution in [2.45, 2.75) is 19.9 Å². The Labute approximate surface area is 226 Å². The van der Waals surface area contributed by atoms with Crippen molar-refractivity contribution in [3.8, 4) is 17.2 Å². The summed E-state index contributed by atoms with van der Waals surface area (Å²) in [7, 11) is 1.54. The van der Waals surface area contributed by atoms with Crippen LogP contribution < -0.4 is 30.3 Å². The Morgan fingerprint density at radius 2 is 1.95 bits per heavy atom. The number of hydrogen-bond acceptors (Lipinski definition) is 8. The molecule has 200 valence electrons. The van der Waals surface area contributed by atoms with Crippen LogP contribution in [-0.4, -0.2) is 50.1 Å². The zero-order valence-corrected chi connectivity index (χ0v) is 22.2. The maximum absolute atomic E-state index is 12.7. The SMILES string of the molecule is C=CCOc1ccc(C=NNC(=O)COc2ccccc2[C@@H]2NC(=S)NC(C)=C2C(=O)OCC)cc1OC. The van der Waals surface area contributed by atoms with Crippen LogP contribution in [0.3, 0.4) is 0 Å². The second-order valence-corrected chi connectivity index (χ2v) is 8.33. The molecule has 0 spiro atoms. The largest absolute Gasteiger partial charge is 0.493 e. The third-order valence-corrected chi connectivity index (χ3v) is 5.52. The van der Waals surface area contributed by atoms with Gasteiger partial charge in [-0.3, -0.25) is 4.79 Å². The molecular formula is C27H30N4O6S. The number of carbonyl (C=O) groups is 2. The lowest BCUT2D eigenvalue weighted by molar-refractivity contribution is -0.139. The summed E-state index contributed by atoms with van der Waals surface area (Å²) in [6.45, 7) is 7.38. The van der Waals surface area contributed by atoms with E-state index in [2.05, 4.69) is 27.7 Å². The van der Waals surface area contributed by atoms with E-state index < -0.39 is 17.9 Å². The molecule has 0 aromatic heterocycles. The quantitative estimate of drug-likeness (QED) is 0.123. The molecule has 1 heterocycles. The molecule has 0 fully saturated rings. The minimum Gasteiger partial charge on any atom is -0.493 e. The van der Waals surface area contributed by atoms with Crippen molar-refractivity contribution in [3.05, 3.63) is 77.5 Å². The molecular weight excluding hydrogens is 508 g/mol. The van der Waals surface area contributed by atoms with Crippen LogP contribution in [0.2, 0.25) is 0 Å². The van der Waals surface area contributed by atoms with E-state index in [1.807, 2.05) is 0 Å². The molecule has 0 saturated carbocycles. The van der Waals surface area contributed by atoms with E-state index in [4.69, 9.17) is 31.2 Å². The summed E-state index contributed by atoms with van der Waals surface area (Å²) < 4.78 is 21.9. The van der Waals surface area contributed by atoms with Gasteiger partial charge in [0.2, 0.25) is 0 Å². The highest BCUT2D eigenvalue weighted by Crippen LogP contribution is 2.33. The van der Waals surface area contributed by atoms with Gasteiger partial charge in [0, 0.05) is 11.3 Å². The van der Waals surface area contributed by atoms with E-state index in [9.17, 15) is 9.59 Å². The number of ether oxygens (including phenoxy) is 4. The third-order valence-electron chi connectivity index (χ3n) is 5.30. The Hall–Kier alpha value is -4.38. The highest BCUT2D eigenvalue weighted by atomic mass is 32.1. The average Bonchev–Trinajstić information content (AvgIpc) is 2.90. The van der Waals surface area contributed by atoms with Crippen LogP contribution in [0.15, 0.2) is 71.5 Å². The lowest BCUT2D eigenvalue weighted by atomic mass is 9.95. The zero-order valence-electron chi connectivity index (χ0n) is 21.4. The molecule has 2 aromatic carbocycles. The molecule has 0 unspecified atom stereocenters. The standard InChI is InChI=1S/C27H30N4O6S/c1-5-13-36-21-12-11-18(14-22(21)34-4)15-28-31-23(32)16-37-20-10-8-7-9-19(20)25-24(26(33)35-6-2)17(3)29-27(38)30-25/h5,7-12,14-15,25H,1,6,13,16H2,2-4H3,(H,31,32)(H2,29,30,38)/t25-/m0/s1. The number of rotatable bonds is 12. The summed E-state index contributed by atoms with van der Waals surface area (Å²) in [6.07, 6.45) is 3.12. The number of hydrazone groups is 1. The molecule has 1 aliphatic heterocycles. The maximum atomic E-state index is 12.7. The van der Waals surface area contributed by atoms with Crippen LogP contribution in [0.5, 0.6) is 17.2 Å². The van der Waals surface area contributed by atoms with Gasteiger partial charge in [-0.05, 0) is 55.9 Å². The molecule has 0 saturated heterocycles. The molecule has 1 aliphatic rings. The molecule has 2 aromatic rings. The molecule has 38 heavy (non-hydrogen) atoms. The van der Waals surface area contributed by atoms with Crippen molar-refractivity contribution in [2.75, 3.05) is 26.9 Å². The summed E-state index contributed by atoms with van der Waals surface area (Å²) >= 11 is 5.29. The highest BCUT2D eigenvalue weighted by Gasteiger charge is 2.32. The number of hydrogen-bond donors (Lipinski definition) is 3. The van der Waals surface area contributed by atoms with Crippen LogP contribution in [-0.2, 0) is 14.3 Å². The summed E-state index contributed by atoms with van der Waals surface area (Å²) in [4.78, 5) is 25.1. The second kappa shape index (κ2) is 13.8. The van der Waals surface area contributed by atoms with Crippen LogP contribution in [0.4, 0.5) is 0 Å². The molecule has 3 N–H and O–H groups in total. The summed E-state index contributed by atoms with van der Waals surface area (Å²) in [6, 6.07) is 11.7. The normalized spacial score (nSPS) is 14.8.